The van der Waals surface area contributed by atoms with Crippen molar-refractivity contribution in [1.82, 2.24) is 9.88 Å². The maximum atomic E-state index is 12.8. The largest absolute Gasteiger partial charge is 0.494 e. The Morgan fingerprint density at radius 3 is 3.07 bits per heavy atom. The van der Waals surface area contributed by atoms with Crippen molar-refractivity contribution in [2.75, 3.05) is 25.1 Å². The quantitative estimate of drug-likeness (QED) is 0.729. The molecule has 0 aliphatic carbocycles. The van der Waals surface area contributed by atoms with Crippen LogP contribution in [0.1, 0.15) is 48.3 Å². The molecule has 3 heterocycles. The molecule has 0 bridgehead atoms. The van der Waals surface area contributed by atoms with Gasteiger partial charge in [0.1, 0.15) is 29.1 Å². The molecular weight excluding hydrogens is 382 g/mol. The summed E-state index contributed by atoms with van der Waals surface area (Å²) in [4.78, 5) is 19.1. The lowest BCUT2D eigenvalue weighted by atomic mass is 10.1. The van der Waals surface area contributed by atoms with Crippen molar-refractivity contribution in [2.45, 2.75) is 51.8 Å². The smallest absolute Gasteiger partial charge is 0.272 e. The van der Waals surface area contributed by atoms with Crippen molar-refractivity contribution in [2.24, 2.45) is 0 Å². The number of nitrogens with one attached hydrogen (secondary N) is 1. The van der Waals surface area contributed by atoms with Crippen molar-refractivity contribution in [1.29, 1.82) is 0 Å². The molecule has 7 heteroatoms. The number of aliphatic hydroxyl groups excluding tert-OH is 1. The van der Waals surface area contributed by atoms with E-state index in [4.69, 9.17) is 9.47 Å². The van der Waals surface area contributed by atoms with E-state index in [-0.39, 0.29) is 24.7 Å². The lowest BCUT2D eigenvalue weighted by Crippen LogP contribution is -2.38. The molecule has 7 nitrogen and oxygen atoms in total. The summed E-state index contributed by atoms with van der Waals surface area (Å²) in [5.74, 6) is 2.24. The first-order valence-corrected chi connectivity index (χ1v) is 10.7. The fourth-order valence-electron chi connectivity index (χ4n) is 4.19. The zero-order chi connectivity index (χ0) is 21.1. The van der Waals surface area contributed by atoms with Gasteiger partial charge in [0, 0.05) is 30.6 Å². The van der Waals surface area contributed by atoms with Crippen molar-refractivity contribution in [3.8, 4) is 11.5 Å². The molecule has 2 aliphatic heterocycles. The lowest BCUT2D eigenvalue weighted by Gasteiger charge is -2.22. The second-order valence-electron chi connectivity index (χ2n) is 7.87. The number of hydrogen-bond acceptors (Lipinski definition) is 6. The maximum Gasteiger partial charge on any atom is 0.272 e. The van der Waals surface area contributed by atoms with Crippen LogP contribution in [0.5, 0.6) is 11.5 Å². The lowest BCUT2D eigenvalue weighted by molar-refractivity contribution is 0.0672. The molecule has 30 heavy (non-hydrogen) atoms. The van der Waals surface area contributed by atoms with Gasteiger partial charge in [-0.15, -0.1) is 0 Å². The molecule has 1 fully saturated rings. The molecule has 2 aliphatic rings. The molecule has 160 valence electrons. The first kappa shape index (κ1) is 20.5. The molecule has 0 radical (unpaired) electrons. The topological polar surface area (TPSA) is 83.9 Å². The highest BCUT2D eigenvalue weighted by atomic mass is 16.5. The number of hydrogen-bond donors (Lipinski definition) is 2. The molecule has 2 N–H and O–H groups in total. The van der Waals surface area contributed by atoms with E-state index in [1.54, 1.807) is 11.0 Å². The number of carbonyl (C=O) groups excluding carboxylic acids is 1. The summed E-state index contributed by atoms with van der Waals surface area (Å²) < 4.78 is 11.7. The van der Waals surface area contributed by atoms with E-state index in [1.807, 2.05) is 25.1 Å². The van der Waals surface area contributed by atoms with Crippen LogP contribution in [0.2, 0.25) is 0 Å². The van der Waals surface area contributed by atoms with Crippen LogP contribution in [0.25, 0.3) is 0 Å². The second-order valence-corrected chi connectivity index (χ2v) is 7.87. The Balaban J connectivity index is 1.49. The van der Waals surface area contributed by atoms with E-state index in [0.717, 1.165) is 36.3 Å². The van der Waals surface area contributed by atoms with Crippen LogP contribution in [-0.2, 0) is 13.0 Å². The average Bonchev–Trinajstić information content (AvgIpc) is 3.37. The number of carbonyl (C=O) groups is 1. The predicted molar refractivity (Wildman–Crippen MR) is 114 cm³/mol. The highest BCUT2D eigenvalue weighted by Crippen LogP contribution is 2.35. The van der Waals surface area contributed by atoms with Crippen LogP contribution in [-0.4, -0.2) is 52.8 Å². The van der Waals surface area contributed by atoms with Crippen LogP contribution in [0.15, 0.2) is 30.3 Å². The number of amides is 1. The third-order valence-corrected chi connectivity index (χ3v) is 5.66. The maximum absolute atomic E-state index is 12.8. The molecule has 1 amide bonds. The first-order valence-electron chi connectivity index (χ1n) is 10.7. The highest BCUT2D eigenvalue weighted by Gasteiger charge is 2.29. The standard InChI is InChI=1S/C23H29N3O4/c1-3-29-20-11-16-10-15(2)30-21(16)12-17(20)13-24-22-8-4-7-19(25-22)23(28)26-9-5-6-18(26)14-27/h4,7-8,11-12,15,18,27H,3,5-6,9-10,13-14H2,1-2H3,(H,24,25)/t15-,18+/m1/s1. The monoisotopic (exact) mass is 411 g/mol. The zero-order valence-electron chi connectivity index (χ0n) is 17.6. The van der Waals surface area contributed by atoms with Crippen LogP contribution >= 0.6 is 0 Å². The number of aliphatic hydroxyl groups is 1. The first-order chi connectivity index (χ1) is 14.6. The molecule has 0 spiro atoms. The van der Waals surface area contributed by atoms with Crippen LogP contribution in [0.3, 0.4) is 0 Å². The Hall–Kier alpha value is -2.80. The average molecular weight is 412 g/mol. The summed E-state index contributed by atoms with van der Waals surface area (Å²) in [6, 6.07) is 9.37. The van der Waals surface area contributed by atoms with Crippen LogP contribution in [0.4, 0.5) is 5.82 Å². The van der Waals surface area contributed by atoms with Crippen LogP contribution in [0, 0.1) is 0 Å². The van der Waals surface area contributed by atoms with Gasteiger partial charge in [-0.05, 0) is 51.0 Å². The molecule has 0 unspecified atom stereocenters. The molecule has 0 saturated carbocycles. The second kappa shape index (κ2) is 8.92. The summed E-state index contributed by atoms with van der Waals surface area (Å²) in [5, 5.41) is 12.8. The third-order valence-electron chi connectivity index (χ3n) is 5.66. The Morgan fingerprint density at radius 2 is 2.27 bits per heavy atom. The number of ether oxygens (including phenoxy) is 2. The Bertz CT molecular complexity index is 917. The summed E-state index contributed by atoms with van der Waals surface area (Å²) in [7, 11) is 0. The SMILES string of the molecule is CCOc1cc2c(cc1CNc1cccc(C(=O)N3CCC[C@H]3CO)n1)O[C@H](C)C2. The molecule has 2 atom stereocenters. The molecule has 1 aromatic carbocycles. The normalized spacial score (nSPS) is 20.0. The van der Waals surface area contributed by atoms with Gasteiger partial charge in [-0.25, -0.2) is 4.98 Å². The summed E-state index contributed by atoms with van der Waals surface area (Å²) in [5.41, 5.74) is 2.55. The van der Waals surface area contributed by atoms with E-state index >= 15 is 0 Å². The fraction of sp³-hybridized carbons (Fsp3) is 0.478. The van der Waals surface area contributed by atoms with Gasteiger partial charge in [0.15, 0.2) is 0 Å². The van der Waals surface area contributed by atoms with Crippen LogP contribution < -0.4 is 14.8 Å². The number of aromatic nitrogens is 1. The molecular formula is C23H29N3O4. The Kier molecular flexibility index (Phi) is 6.08. The molecule has 1 saturated heterocycles. The number of fused-ring (bicyclic) bond motifs is 1. The number of benzene rings is 1. The summed E-state index contributed by atoms with van der Waals surface area (Å²) >= 11 is 0. The van der Waals surface area contributed by atoms with Gasteiger partial charge in [-0.3, -0.25) is 4.79 Å². The van der Waals surface area contributed by atoms with E-state index < -0.39 is 0 Å². The Labute approximate surface area is 177 Å². The van der Waals surface area contributed by atoms with E-state index in [2.05, 4.69) is 23.3 Å². The predicted octanol–water partition coefficient (Wildman–Crippen LogP) is 3.01. The van der Waals surface area contributed by atoms with E-state index in [0.29, 0.717) is 31.2 Å². The summed E-state index contributed by atoms with van der Waals surface area (Å²) in [6.07, 6.45) is 2.81. The number of rotatable bonds is 7. The highest BCUT2D eigenvalue weighted by molar-refractivity contribution is 5.93. The number of likely N-dealkylation sites (tertiary alicyclic amines) is 1. The minimum atomic E-state index is -0.134. The number of pyridine rings is 1. The molecule has 2 aromatic rings. The zero-order valence-corrected chi connectivity index (χ0v) is 17.6. The van der Waals surface area contributed by atoms with Gasteiger partial charge < -0.3 is 24.8 Å². The van der Waals surface area contributed by atoms with Crippen molar-refractivity contribution >= 4 is 11.7 Å². The summed E-state index contributed by atoms with van der Waals surface area (Å²) in [6.45, 7) is 5.78. The van der Waals surface area contributed by atoms with Gasteiger partial charge >= 0.3 is 0 Å². The van der Waals surface area contributed by atoms with Gasteiger partial charge in [0.05, 0.1) is 19.3 Å². The Morgan fingerprint density at radius 1 is 1.40 bits per heavy atom. The number of nitrogens with zero attached hydrogens (tertiary/aromatic N) is 2. The van der Waals surface area contributed by atoms with Crippen molar-refractivity contribution < 1.29 is 19.4 Å². The fourth-order valence-corrected chi connectivity index (χ4v) is 4.19. The minimum Gasteiger partial charge on any atom is -0.494 e. The van der Waals surface area contributed by atoms with Gasteiger partial charge in [-0.2, -0.15) is 0 Å². The van der Waals surface area contributed by atoms with E-state index in [9.17, 15) is 9.90 Å². The van der Waals surface area contributed by atoms with Gasteiger partial charge in [0.2, 0.25) is 0 Å². The van der Waals surface area contributed by atoms with Crippen molar-refractivity contribution in [3.05, 3.63) is 47.2 Å². The van der Waals surface area contributed by atoms with Crippen molar-refractivity contribution in [3.63, 3.8) is 0 Å². The third kappa shape index (κ3) is 4.21. The van der Waals surface area contributed by atoms with E-state index in [1.165, 1.54) is 5.56 Å². The number of anilines is 1. The molecule has 1 aromatic heterocycles. The minimum absolute atomic E-state index is 0.0110. The molecule has 4 rings (SSSR count). The van der Waals surface area contributed by atoms with Gasteiger partial charge in [-0.1, -0.05) is 6.07 Å². The van der Waals surface area contributed by atoms with Gasteiger partial charge in [0.25, 0.3) is 5.91 Å².